The smallest absolute Gasteiger partial charge is 0.345 e. The van der Waals surface area contributed by atoms with Gasteiger partial charge in [-0.05, 0) is 43.4 Å². The summed E-state index contributed by atoms with van der Waals surface area (Å²) in [6.07, 6.45) is -4.24. The normalized spacial score (nSPS) is 22.2. The fraction of sp³-hybridized carbons (Fsp3) is 0.444. The summed E-state index contributed by atoms with van der Waals surface area (Å²) in [5, 5.41) is 12.8. The first kappa shape index (κ1) is 39.9. The van der Waals surface area contributed by atoms with Gasteiger partial charge in [0.25, 0.3) is 5.91 Å². The highest BCUT2D eigenvalue weighted by Gasteiger charge is 2.32. The van der Waals surface area contributed by atoms with Gasteiger partial charge in [-0.1, -0.05) is 62.4 Å². The van der Waals surface area contributed by atoms with Crippen molar-refractivity contribution in [3.8, 4) is 0 Å². The number of alkyl halides is 3. The zero-order valence-electron chi connectivity index (χ0n) is 29.6. The number of likely N-dealkylation sites (N-methyl/N-ethyl adjacent to an activating group) is 1. The van der Waals surface area contributed by atoms with Crippen LogP contribution in [0.2, 0.25) is 0 Å². The largest absolute Gasteiger partial charge is 0.416 e. The molecule has 280 valence electrons. The van der Waals surface area contributed by atoms with E-state index in [0.29, 0.717) is 17.0 Å². The second-order valence-electron chi connectivity index (χ2n) is 13.2. The van der Waals surface area contributed by atoms with Crippen molar-refractivity contribution < 1.29 is 37.1 Å². The number of carbonyl (C=O) groups is 5. The summed E-state index contributed by atoms with van der Waals surface area (Å²) < 4.78 is 40.6. The molecule has 4 N–H and O–H groups in total. The van der Waals surface area contributed by atoms with E-state index >= 15 is 0 Å². The molecule has 0 aliphatic carbocycles. The number of aromatic nitrogens is 1. The van der Waals surface area contributed by atoms with Crippen molar-refractivity contribution in [2.75, 3.05) is 26.7 Å². The number of thiazole rings is 1. The van der Waals surface area contributed by atoms with E-state index in [1.165, 1.54) is 43.3 Å². The van der Waals surface area contributed by atoms with E-state index in [1.807, 2.05) is 30.3 Å². The van der Waals surface area contributed by atoms with Crippen LogP contribution in [0.25, 0.3) is 0 Å². The molecule has 2 aromatic carbocycles. The van der Waals surface area contributed by atoms with Crippen molar-refractivity contribution in [1.82, 2.24) is 36.1 Å². The Bertz CT molecular complexity index is 1740. The first-order valence-corrected chi connectivity index (χ1v) is 17.7. The number of fused-ring (bicyclic) bond motifs is 2. The Labute approximate surface area is 304 Å². The Morgan fingerprint density at radius 1 is 0.865 bits per heavy atom. The summed E-state index contributed by atoms with van der Waals surface area (Å²) in [6, 6.07) is 10.4. The molecule has 16 heteroatoms. The van der Waals surface area contributed by atoms with Crippen molar-refractivity contribution in [2.45, 2.75) is 71.0 Å². The van der Waals surface area contributed by atoms with E-state index < -0.39 is 65.4 Å². The molecule has 5 amide bonds. The summed E-state index contributed by atoms with van der Waals surface area (Å²) >= 11 is 1.15. The molecule has 0 saturated carbocycles. The summed E-state index contributed by atoms with van der Waals surface area (Å²) in [5.41, 5.74) is 0.391. The van der Waals surface area contributed by atoms with Gasteiger partial charge in [-0.15, -0.1) is 11.3 Å². The zero-order chi connectivity index (χ0) is 38.2. The average molecular weight is 744 g/mol. The molecule has 12 nitrogen and oxygen atoms in total. The van der Waals surface area contributed by atoms with Crippen molar-refractivity contribution in [1.29, 1.82) is 0 Å². The third-order valence-corrected chi connectivity index (χ3v) is 9.50. The molecule has 4 rings (SSSR count). The first-order valence-electron chi connectivity index (χ1n) is 16.9. The van der Waals surface area contributed by atoms with Crippen LogP contribution in [0, 0.1) is 5.92 Å². The number of nitrogens with one attached hydrogen (secondary N) is 4. The maximum atomic E-state index is 13.7. The van der Waals surface area contributed by atoms with Gasteiger partial charge >= 0.3 is 6.18 Å². The highest BCUT2D eigenvalue weighted by atomic mass is 32.1. The number of amides is 5. The molecule has 4 atom stereocenters. The van der Waals surface area contributed by atoms with E-state index in [4.69, 9.17) is 0 Å². The van der Waals surface area contributed by atoms with E-state index in [0.717, 1.165) is 29.0 Å². The van der Waals surface area contributed by atoms with Crippen LogP contribution in [0.3, 0.4) is 0 Å². The average Bonchev–Trinajstić information content (AvgIpc) is 3.59. The lowest BCUT2D eigenvalue weighted by Crippen LogP contribution is -2.57. The topological polar surface area (TPSA) is 153 Å². The van der Waals surface area contributed by atoms with Gasteiger partial charge in [0, 0.05) is 32.1 Å². The van der Waals surface area contributed by atoms with Crippen LogP contribution >= 0.6 is 11.3 Å². The molecule has 0 spiro atoms. The number of hydrogen-bond donors (Lipinski definition) is 4. The van der Waals surface area contributed by atoms with Gasteiger partial charge < -0.3 is 26.2 Å². The monoisotopic (exact) mass is 743 g/mol. The minimum atomic E-state index is -4.56. The first-order chi connectivity index (χ1) is 24.5. The number of benzene rings is 2. The van der Waals surface area contributed by atoms with Crippen LogP contribution in [-0.2, 0) is 38.3 Å². The highest BCUT2D eigenvalue weighted by Crippen LogP contribution is 2.30. The van der Waals surface area contributed by atoms with Crippen LogP contribution in [0.15, 0.2) is 60.0 Å². The van der Waals surface area contributed by atoms with Gasteiger partial charge in [-0.2, -0.15) is 13.2 Å². The molecule has 2 bridgehead atoms. The molecular formula is C36H44F3N7O5S. The highest BCUT2D eigenvalue weighted by molar-refractivity contribution is 7.09. The molecule has 0 saturated heterocycles. The van der Waals surface area contributed by atoms with Crippen LogP contribution in [0.4, 0.5) is 13.2 Å². The van der Waals surface area contributed by atoms with E-state index in [1.54, 1.807) is 18.7 Å². The molecule has 1 aromatic heterocycles. The Kier molecular flexibility index (Phi) is 13.5. The number of hydrogen-bond acceptors (Lipinski definition) is 8. The second-order valence-corrected chi connectivity index (χ2v) is 14.1. The Morgan fingerprint density at radius 2 is 1.56 bits per heavy atom. The van der Waals surface area contributed by atoms with Crippen molar-refractivity contribution in [2.24, 2.45) is 5.92 Å². The van der Waals surface area contributed by atoms with Crippen LogP contribution in [0.5, 0.6) is 0 Å². The third-order valence-electron chi connectivity index (χ3n) is 8.54. The standard InChI is InChI=1S/C36H44F3N7O5S/c1-21(2)30-33(50)41-23(4)35(51)45(5)14-15-46(18-25-12-9-13-26(16-25)36(37,38)39)19-29(47)42-27(17-24-10-7-6-8-11-24)34-43-28(20-52-34)32(49)40-22(3)31(48)44-30/h6-13,16,20-23,27,30H,14-15,17-19H2,1-5H3,(H,40,49)(H,41,50)(H,42,47)(H,44,48)/t22-,23+,27-,30-/m0/s1. The van der Waals surface area contributed by atoms with Crippen molar-refractivity contribution in [3.05, 3.63) is 87.4 Å². The van der Waals surface area contributed by atoms with E-state index in [9.17, 15) is 37.1 Å². The second kappa shape index (κ2) is 17.6. The third kappa shape index (κ3) is 11.1. The summed E-state index contributed by atoms with van der Waals surface area (Å²) in [5.74, 6) is -3.14. The molecular weight excluding hydrogens is 700 g/mol. The Hall–Kier alpha value is -4.83. The van der Waals surface area contributed by atoms with Gasteiger partial charge in [0.1, 0.15) is 28.8 Å². The van der Waals surface area contributed by atoms with Gasteiger partial charge in [0.2, 0.25) is 23.6 Å². The van der Waals surface area contributed by atoms with E-state index in [-0.39, 0.29) is 37.8 Å². The van der Waals surface area contributed by atoms with Crippen molar-refractivity contribution >= 4 is 40.9 Å². The molecule has 0 fully saturated rings. The lowest BCUT2D eigenvalue weighted by molar-refractivity contribution is -0.138. The maximum absolute atomic E-state index is 13.7. The van der Waals surface area contributed by atoms with Crippen LogP contribution < -0.4 is 21.3 Å². The summed E-state index contributed by atoms with van der Waals surface area (Å²) in [6.45, 7) is 6.31. The predicted octanol–water partition coefficient (Wildman–Crippen LogP) is 3.30. The number of rotatable bonds is 5. The molecule has 0 radical (unpaired) electrons. The number of halogens is 3. The molecule has 0 unspecified atom stereocenters. The molecule has 3 aromatic rings. The van der Waals surface area contributed by atoms with Crippen molar-refractivity contribution in [3.63, 3.8) is 0 Å². The fourth-order valence-corrected chi connectivity index (χ4v) is 6.46. The summed E-state index contributed by atoms with van der Waals surface area (Å²) in [4.78, 5) is 74.1. The lowest BCUT2D eigenvalue weighted by Gasteiger charge is -2.29. The summed E-state index contributed by atoms with van der Waals surface area (Å²) in [7, 11) is 1.52. The fourth-order valence-electron chi connectivity index (χ4n) is 5.61. The van der Waals surface area contributed by atoms with Gasteiger partial charge in [0.15, 0.2) is 0 Å². The molecule has 52 heavy (non-hydrogen) atoms. The quantitative estimate of drug-likeness (QED) is 0.313. The minimum absolute atomic E-state index is 0.0255. The Morgan fingerprint density at radius 3 is 2.23 bits per heavy atom. The SMILES string of the molecule is CC(C)[C@@H]1NC(=O)[C@H](C)NC(=O)c2csc(n2)[C@H](Cc2ccccc2)NC(=O)CN(Cc2cccc(C(F)(F)F)c2)CCN(C)C(=O)[C@@H](C)NC1=O. The van der Waals surface area contributed by atoms with Gasteiger partial charge in [-0.3, -0.25) is 28.9 Å². The predicted molar refractivity (Wildman–Crippen MR) is 189 cm³/mol. The molecule has 2 heterocycles. The van der Waals surface area contributed by atoms with Crippen LogP contribution in [-0.4, -0.2) is 89.1 Å². The lowest BCUT2D eigenvalue weighted by atomic mass is 10.0. The Balaban J connectivity index is 1.68. The molecule has 1 aliphatic rings. The zero-order valence-corrected chi connectivity index (χ0v) is 30.4. The number of nitrogens with zero attached hydrogens (tertiary/aromatic N) is 3. The maximum Gasteiger partial charge on any atom is 0.416 e. The van der Waals surface area contributed by atoms with Gasteiger partial charge in [0.05, 0.1) is 18.2 Å². The number of carbonyl (C=O) groups excluding carboxylic acids is 5. The van der Waals surface area contributed by atoms with E-state index in [2.05, 4.69) is 26.3 Å². The minimum Gasteiger partial charge on any atom is -0.345 e. The van der Waals surface area contributed by atoms with Gasteiger partial charge in [-0.25, -0.2) is 4.98 Å². The molecule has 1 aliphatic heterocycles. The van der Waals surface area contributed by atoms with Crippen LogP contribution in [0.1, 0.15) is 65.9 Å².